The van der Waals surface area contributed by atoms with Crippen molar-refractivity contribution in [1.29, 1.82) is 5.26 Å². The van der Waals surface area contributed by atoms with Gasteiger partial charge in [0.2, 0.25) is 0 Å². The van der Waals surface area contributed by atoms with Gasteiger partial charge >= 0.3 is 58.4 Å². The molecule has 1 heterocycles. The van der Waals surface area contributed by atoms with Gasteiger partial charge in [-0.2, -0.15) is 5.26 Å². The maximum atomic E-state index is 12.1. The normalized spacial score (nSPS) is 10.0. The molecule has 0 aliphatic carbocycles. The average Bonchev–Trinajstić information content (AvgIpc) is 2.03. The fourth-order valence-electron chi connectivity index (χ4n) is 0.775. The number of rotatable bonds is 1. The van der Waals surface area contributed by atoms with Crippen LogP contribution in [0.5, 0.6) is 0 Å². The first-order chi connectivity index (χ1) is 5.55. The van der Waals surface area contributed by atoms with Gasteiger partial charge < -0.3 is 12.9 Å². The minimum atomic E-state index is -5.12. The smallest absolute Gasteiger partial charge is 0.445 e. The van der Waals surface area contributed by atoms with Crippen LogP contribution in [0, 0.1) is 11.3 Å². The van der Waals surface area contributed by atoms with Gasteiger partial charge in [-0.25, -0.2) is 4.98 Å². The van der Waals surface area contributed by atoms with Crippen LogP contribution in [0.2, 0.25) is 0 Å². The summed E-state index contributed by atoms with van der Waals surface area (Å²) in [4.78, 5) is 3.30. The van der Waals surface area contributed by atoms with Crippen LogP contribution >= 0.6 is 0 Å². The summed E-state index contributed by atoms with van der Waals surface area (Å²) in [6.07, 6.45) is 1.16. The van der Waals surface area contributed by atoms with Crippen molar-refractivity contribution in [2.24, 2.45) is 0 Å². The molecule has 0 fully saturated rings. The van der Waals surface area contributed by atoms with E-state index in [-0.39, 0.29) is 51.4 Å². The summed E-state index contributed by atoms with van der Waals surface area (Å²) >= 11 is 0. The Hall–Kier alpha value is 0.131. The van der Waals surface area contributed by atoms with Gasteiger partial charge in [-0.1, -0.05) is 11.5 Å². The number of aromatic nitrogens is 1. The zero-order valence-corrected chi connectivity index (χ0v) is 9.96. The van der Waals surface area contributed by atoms with Crippen molar-refractivity contribution in [3.8, 4) is 6.07 Å². The third-order valence-corrected chi connectivity index (χ3v) is 1.30. The molecule has 0 bridgehead atoms. The second-order valence-electron chi connectivity index (χ2n) is 2.13. The molecule has 0 aromatic carbocycles. The SMILES string of the molecule is N#Cc1ncccc1[B-](F)(F)F.[K+]. The van der Waals surface area contributed by atoms with Crippen LogP contribution in [-0.4, -0.2) is 12.0 Å². The van der Waals surface area contributed by atoms with Gasteiger partial charge in [-0.15, -0.1) is 0 Å². The minimum Gasteiger partial charge on any atom is -0.445 e. The third-order valence-electron chi connectivity index (χ3n) is 1.30. The van der Waals surface area contributed by atoms with Crippen molar-refractivity contribution in [3.05, 3.63) is 24.0 Å². The molecule has 2 nitrogen and oxygen atoms in total. The van der Waals surface area contributed by atoms with E-state index in [1.54, 1.807) is 0 Å². The predicted octanol–water partition coefficient (Wildman–Crippen LogP) is -1.99. The predicted molar refractivity (Wildman–Crippen MR) is 37.7 cm³/mol. The Labute approximate surface area is 116 Å². The zero-order valence-electron chi connectivity index (χ0n) is 6.84. The number of pyridine rings is 1. The molecule has 13 heavy (non-hydrogen) atoms. The van der Waals surface area contributed by atoms with Gasteiger partial charge in [-0.05, 0) is 6.07 Å². The van der Waals surface area contributed by atoms with Crippen molar-refractivity contribution in [2.45, 2.75) is 0 Å². The van der Waals surface area contributed by atoms with Gasteiger partial charge in [0, 0.05) is 6.20 Å². The molecule has 0 spiro atoms. The van der Waals surface area contributed by atoms with E-state index in [1.807, 2.05) is 0 Å². The maximum Gasteiger partial charge on any atom is 1.00 e. The number of hydrogen-bond donors (Lipinski definition) is 0. The first kappa shape index (κ1) is 13.1. The average molecular weight is 210 g/mol. The molecular weight excluding hydrogens is 207 g/mol. The van der Waals surface area contributed by atoms with Crippen LogP contribution in [0.25, 0.3) is 0 Å². The molecule has 7 heteroatoms. The Kier molecular flexibility index (Phi) is 5.17. The number of hydrogen-bond acceptors (Lipinski definition) is 2. The molecule has 1 rings (SSSR count). The first-order valence-corrected chi connectivity index (χ1v) is 3.10. The summed E-state index contributed by atoms with van der Waals surface area (Å²) in [6.45, 7) is -5.12. The quantitative estimate of drug-likeness (QED) is 0.503. The van der Waals surface area contributed by atoms with Crippen molar-refractivity contribution >= 4 is 12.4 Å². The van der Waals surface area contributed by atoms with Crippen molar-refractivity contribution in [2.75, 3.05) is 0 Å². The molecule has 0 atom stereocenters. The Morgan fingerprint density at radius 3 is 2.38 bits per heavy atom. The van der Waals surface area contributed by atoms with E-state index in [0.717, 1.165) is 18.3 Å². The summed E-state index contributed by atoms with van der Waals surface area (Å²) < 4.78 is 36.3. The van der Waals surface area contributed by atoms with Crippen LogP contribution in [0.15, 0.2) is 18.3 Å². The second kappa shape index (κ2) is 5.12. The molecular formula is C6H3BF3KN2. The van der Waals surface area contributed by atoms with Crippen LogP contribution < -0.4 is 56.8 Å². The molecule has 0 aliphatic rings. The number of halogens is 3. The second-order valence-corrected chi connectivity index (χ2v) is 2.13. The standard InChI is InChI=1S/C6H3BF3N2.K/c8-7(9,10)5-2-1-3-12-6(5)4-11;/h1-3H;/q-1;+1. The van der Waals surface area contributed by atoms with E-state index in [1.165, 1.54) is 6.07 Å². The zero-order chi connectivity index (χ0) is 9.19. The molecule has 1 aromatic rings. The van der Waals surface area contributed by atoms with Crippen LogP contribution in [0.1, 0.15) is 5.69 Å². The molecule has 0 saturated carbocycles. The molecule has 0 aliphatic heterocycles. The van der Waals surface area contributed by atoms with Crippen LogP contribution in [-0.2, 0) is 0 Å². The van der Waals surface area contributed by atoms with Crippen molar-refractivity contribution < 1.29 is 64.3 Å². The summed E-state index contributed by atoms with van der Waals surface area (Å²) in [6, 6.07) is 3.40. The van der Waals surface area contributed by atoms with E-state index < -0.39 is 18.1 Å². The van der Waals surface area contributed by atoms with Crippen LogP contribution in [0.3, 0.4) is 0 Å². The molecule has 0 unspecified atom stereocenters. The van der Waals surface area contributed by atoms with Crippen LogP contribution in [0.4, 0.5) is 12.9 Å². The number of nitriles is 1. The Morgan fingerprint density at radius 2 is 2.00 bits per heavy atom. The maximum absolute atomic E-state index is 12.1. The van der Waals surface area contributed by atoms with E-state index in [2.05, 4.69) is 4.98 Å². The Balaban J connectivity index is 0.00000144. The molecule has 1 aromatic heterocycles. The third kappa shape index (κ3) is 3.40. The van der Waals surface area contributed by atoms with Gasteiger partial charge in [0.05, 0.1) is 0 Å². The Morgan fingerprint density at radius 1 is 1.38 bits per heavy atom. The fraction of sp³-hybridized carbons (Fsp3) is 0. The van der Waals surface area contributed by atoms with Gasteiger partial charge in [0.1, 0.15) is 11.8 Å². The molecule has 0 radical (unpaired) electrons. The summed E-state index contributed by atoms with van der Waals surface area (Å²) in [5, 5.41) is 8.28. The van der Waals surface area contributed by atoms with Gasteiger partial charge in [-0.3, -0.25) is 0 Å². The van der Waals surface area contributed by atoms with Gasteiger partial charge in [0.25, 0.3) is 0 Å². The summed E-state index contributed by atoms with van der Waals surface area (Å²) in [5.74, 6) is 0. The topological polar surface area (TPSA) is 36.7 Å². The first-order valence-electron chi connectivity index (χ1n) is 3.10. The number of nitrogens with zero attached hydrogens (tertiary/aromatic N) is 2. The molecule has 0 N–H and O–H groups in total. The van der Waals surface area contributed by atoms with E-state index in [4.69, 9.17) is 5.26 Å². The van der Waals surface area contributed by atoms with Gasteiger partial charge in [0.15, 0.2) is 0 Å². The Bertz CT molecular complexity index is 333. The van der Waals surface area contributed by atoms with E-state index in [0.29, 0.717) is 0 Å². The van der Waals surface area contributed by atoms with E-state index >= 15 is 0 Å². The van der Waals surface area contributed by atoms with Crippen molar-refractivity contribution in [1.82, 2.24) is 4.98 Å². The largest absolute Gasteiger partial charge is 1.00 e. The minimum absolute atomic E-state index is 0. The monoisotopic (exact) mass is 210 g/mol. The molecule has 62 valence electrons. The summed E-state index contributed by atoms with van der Waals surface area (Å²) in [5.41, 5.74) is -1.50. The molecule has 0 saturated heterocycles. The fourth-order valence-corrected chi connectivity index (χ4v) is 0.775. The van der Waals surface area contributed by atoms with Crippen molar-refractivity contribution in [3.63, 3.8) is 0 Å². The molecule has 0 amide bonds. The summed E-state index contributed by atoms with van der Waals surface area (Å²) in [7, 11) is 0. The van der Waals surface area contributed by atoms with E-state index in [9.17, 15) is 12.9 Å².